The van der Waals surface area contributed by atoms with Crippen molar-refractivity contribution in [2.45, 2.75) is 107 Å². The zero-order valence-electron chi connectivity index (χ0n) is 30.5. The van der Waals surface area contributed by atoms with Gasteiger partial charge in [-0.15, -0.1) is 0 Å². The Morgan fingerprint density at radius 3 is 2.17 bits per heavy atom. The average molecular weight is 880 g/mol. The van der Waals surface area contributed by atoms with Crippen molar-refractivity contribution in [2.75, 3.05) is 13.2 Å². The topological polar surface area (TPSA) is 428 Å². The molecule has 0 saturated carbocycles. The number of H-pyrrole nitrogens is 1. The van der Waals surface area contributed by atoms with Gasteiger partial charge in [0.1, 0.15) is 60.9 Å². The summed E-state index contributed by atoms with van der Waals surface area (Å²) in [6.45, 7) is 0.948. The molecule has 2 aliphatic heterocycles. The molecule has 0 spiro atoms. The summed E-state index contributed by atoms with van der Waals surface area (Å²) in [5, 5.41) is 66.0. The van der Waals surface area contributed by atoms with Crippen molar-refractivity contribution < 1.29 is 101 Å². The first kappa shape index (κ1) is 48.4. The van der Waals surface area contributed by atoms with Crippen LogP contribution >= 0.6 is 15.6 Å². The third-order valence-corrected chi connectivity index (χ3v) is 10.9. The quantitative estimate of drug-likeness (QED) is 0.0544. The Bertz CT molecular complexity index is 1880. The molecule has 1 aromatic rings. The molecule has 2 saturated heterocycles. The van der Waals surface area contributed by atoms with Gasteiger partial charge in [-0.3, -0.25) is 42.6 Å². The zero-order chi connectivity index (χ0) is 43.9. The first-order valence-electron chi connectivity index (χ1n) is 16.8. The van der Waals surface area contributed by atoms with Crippen LogP contribution in [0.2, 0.25) is 0 Å². The Morgan fingerprint density at radius 2 is 1.60 bits per heavy atom. The highest BCUT2D eigenvalue weighted by Crippen LogP contribution is 2.61. The van der Waals surface area contributed by atoms with Crippen molar-refractivity contribution in [3.8, 4) is 0 Å². The van der Waals surface area contributed by atoms with E-state index < -0.39 is 156 Å². The number of amides is 3. The summed E-state index contributed by atoms with van der Waals surface area (Å²) in [6.07, 6.45) is -16.8. The van der Waals surface area contributed by atoms with Crippen LogP contribution in [0.5, 0.6) is 0 Å². The predicted octanol–water partition coefficient (Wildman–Crippen LogP) is -5.30. The summed E-state index contributed by atoms with van der Waals surface area (Å²) in [5.74, 6) is -5.94. The fourth-order valence-corrected chi connectivity index (χ4v) is 7.58. The number of nitrogens with zero attached hydrogens (tertiary/aromatic N) is 1. The first-order chi connectivity index (χ1) is 26.9. The summed E-state index contributed by atoms with van der Waals surface area (Å²) in [4.78, 5) is 106. The lowest BCUT2D eigenvalue weighted by atomic mass is 9.96. The summed E-state index contributed by atoms with van der Waals surface area (Å²) in [5.41, 5.74) is -1.85. The van der Waals surface area contributed by atoms with Gasteiger partial charge >= 0.3 is 33.3 Å². The maximum atomic E-state index is 13.0. The molecule has 2 fully saturated rings. The second-order valence-corrected chi connectivity index (χ2v) is 15.7. The van der Waals surface area contributed by atoms with E-state index in [9.17, 15) is 78.0 Å². The minimum Gasteiger partial charge on any atom is -0.481 e. The van der Waals surface area contributed by atoms with Gasteiger partial charge in [0.05, 0.1) is 13.2 Å². The third kappa shape index (κ3) is 13.3. The largest absolute Gasteiger partial charge is 0.483 e. The van der Waals surface area contributed by atoms with E-state index in [-0.39, 0.29) is 0 Å². The number of hydrogen-bond donors (Lipinski definition) is 12. The minimum absolute atomic E-state index is 0.483. The number of nitrogens with one attached hydrogen (secondary N) is 4. The number of phosphoric acid groups is 2. The summed E-state index contributed by atoms with van der Waals surface area (Å²) in [6, 6.07) is -4.07. The number of carboxylic acids is 2. The van der Waals surface area contributed by atoms with Crippen molar-refractivity contribution in [3.05, 3.63) is 33.1 Å². The van der Waals surface area contributed by atoms with E-state index in [4.69, 9.17) is 23.8 Å². The number of ether oxygens (including phenoxy) is 3. The van der Waals surface area contributed by atoms with E-state index in [1.54, 1.807) is 0 Å². The molecule has 1 aromatic heterocycles. The number of hydrogen-bond acceptors (Lipinski definition) is 19. The van der Waals surface area contributed by atoms with Crippen LogP contribution < -0.4 is 27.2 Å². The van der Waals surface area contributed by atoms with E-state index in [0.717, 1.165) is 33.0 Å². The molecule has 3 heterocycles. The van der Waals surface area contributed by atoms with Crippen molar-refractivity contribution in [3.63, 3.8) is 0 Å². The first-order valence-corrected chi connectivity index (χ1v) is 19.8. The number of rotatable bonds is 20. The number of carbonyl (C=O) groups excluding carboxylic acids is 3. The van der Waals surface area contributed by atoms with Crippen LogP contribution in [0.25, 0.3) is 0 Å². The summed E-state index contributed by atoms with van der Waals surface area (Å²) in [7, 11) is -11.6. The molecule has 12 N–H and O–H groups in total. The van der Waals surface area contributed by atoms with E-state index in [2.05, 4.69) is 24.8 Å². The zero-order valence-corrected chi connectivity index (χ0v) is 32.2. The average Bonchev–Trinajstić information content (AvgIpc) is 3.39. The number of carbonyl (C=O) groups is 5. The number of aromatic nitrogens is 2. The fraction of sp³-hybridized carbons (Fsp3) is 0.679. The van der Waals surface area contributed by atoms with Crippen LogP contribution in [0.1, 0.15) is 39.8 Å². The number of carboxylic acid groups (broad SMARTS) is 2. The monoisotopic (exact) mass is 879 g/mol. The summed E-state index contributed by atoms with van der Waals surface area (Å²) < 4.78 is 56.5. The predicted molar refractivity (Wildman–Crippen MR) is 183 cm³/mol. The highest BCUT2D eigenvalue weighted by atomic mass is 31.3. The van der Waals surface area contributed by atoms with Gasteiger partial charge in [-0.05, 0) is 20.3 Å². The Kier molecular flexibility index (Phi) is 16.9. The molecule has 0 radical (unpaired) electrons. The molecule has 14 atom stereocenters. The highest BCUT2D eigenvalue weighted by Gasteiger charge is 2.52. The Morgan fingerprint density at radius 1 is 0.948 bits per heavy atom. The molecule has 0 bridgehead atoms. The van der Waals surface area contributed by atoms with Crippen LogP contribution in [-0.2, 0) is 60.7 Å². The van der Waals surface area contributed by atoms with E-state index >= 15 is 0 Å². The molecule has 58 heavy (non-hydrogen) atoms. The van der Waals surface area contributed by atoms with Gasteiger partial charge in [-0.25, -0.2) is 18.7 Å². The number of aromatic amines is 1. The van der Waals surface area contributed by atoms with Gasteiger partial charge in [0.25, 0.3) is 5.56 Å². The Labute approximate surface area is 325 Å². The van der Waals surface area contributed by atoms with Crippen molar-refractivity contribution in [1.29, 1.82) is 0 Å². The summed E-state index contributed by atoms with van der Waals surface area (Å²) >= 11 is 0. The standard InChI is InChI=1S/C28H43N5O23P2/c1-10(23(42)31-13(26(44)45)4-5-17(37)38)29-24(43)11(2)52-22-18(30-12(3)35)27(54-14(8-34)20(22)40)55-58(49,50)56-57(47,48)51-9-15-19(39)21(41)25(53-15)33-7-6-16(36)32-28(33)46/h6-7,10-11,13-15,18-22,25,27,34,39-41H,4-5,8-9H2,1-3H3,(H,29,43)(H,30,35)(H,31,42)(H,37,38)(H,44,45)(H,47,48)(H,49,50)(H,32,36,46)/t10-,11+,13+,14+,15-,18+,19-,20+,21+,22+,25-,27+/m0/s1. The molecule has 0 aromatic carbocycles. The second kappa shape index (κ2) is 20.3. The number of aliphatic hydroxyl groups is 4. The number of phosphoric ester groups is 2. The van der Waals surface area contributed by atoms with E-state index in [0.29, 0.717) is 4.57 Å². The molecule has 30 heteroatoms. The van der Waals surface area contributed by atoms with Crippen molar-refractivity contribution in [1.82, 2.24) is 25.5 Å². The fourth-order valence-electron chi connectivity index (χ4n) is 5.42. The molecule has 328 valence electrons. The normalized spacial score (nSPS) is 29.5. The smallest absolute Gasteiger partial charge is 0.481 e. The lowest BCUT2D eigenvalue weighted by molar-refractivity contribution is -0.261. The number of aliphatic hydroxyl groups excluding tert-OH is 4. The molecule has 2 unspecified atom stereocenters. The van der Waals surface area contributed by atoms with Gasteiger partial charge in [-0.1, -0.05) is 0 Å². The molecule has 3 amide bonds. The van der Waals surface area contributed by atoms with Gasteiger partial charge < -0.3 is 70.6 Å². The van der Waals surface area contributed by atoms with Crippen LogP contribution in [0, 0.1) is 0 Å². The van der Waals surface area contributed by atoms with Gasteiger partial charge in [0.15, 0.2) is 12.5 Å². The maximum absolute atomic E-state index is 13.0. The molecule has 2 aliphatic rings. The van der Waals surface area contributed by atoms with Crippen LogP contribution in [0.15, 0.2) is 21.9 Å². The van der Waals surface area contributed by atoms with E-state index in [1.807, 2.05) is 4.98 Å². The lowest BCUT2D eigenvalue weighted by Gasteiger charge is -2.44. The molecule has 3 rings (SSSR count). The van der Waals surface area contributed by atoms with Gasteiger partial charge in [0, 0.05) is 25.6 Å². The molecule has 0 aliphatic carbocycles. The second-order valence-electron chi connectivity index (χ2n) is 12.7. The molecule has 28 nitrogen and oxygen atoms in total. The van der Waals surface area contributed by atoms with Crippen LogP contribution in [0.3, 0.4) is 0 Å². The van der Waals surface area contributed by atoms with E-state index in [1.165, 1.54) is 0 Å². The van der Waals surface area contributed by atoms with Crippen molar-refractivity contribution in [2.24, 2.45) is 0 Å². The van der Waals surface area contributed by atoms with Crippen LogP contribution in [-0.4, -0.2) is 160 Å². The minimum atomic E-state index is -5.88. The van der Waals surface area contributed by atoms with Gasteiger partial charge in [0.2, 0.25) is 17.7 Å². The third-order valence-electron chi connectivity index (χ3n) is 8.28. The number of aliphatic carboxylic acids is 2. The van der Waals surface area contributed by atoms with Gasteiger partial charge in [-0.2, -0.15) is 4.31 Å². The lowest BCUT2D eigenvalue weighted by Crippen LogP contribution is -2.66. The Balaban J connectivity index is 1.71. The van der Waals surface area contributed by atoms with Crippen LogP contribution in [0.4, 0.5) is 0 Å². The molecular weight excluding hydrogens is 836 g/mol. The van der Waals surface area contributed by atoms with Crippen molar-refractivity contribution >= 4 is 45.3 Å². The SMILES string of the molecule is CC(=O)N[C@H]1[C@@H](OP(=O)(O)OP(=O)(O)OC[C@@H]2O[C@H](n3ccc(=O)[nH]c3=O)[C@H](O)[C@H]2O)O[C@H](CO)[C@@H](O)[C@@H]1O[C@H](C)C(=O)N[C@@H](C)C(=O)N[C@H](CCC(=O)O)C(=O)O. The molecular formula is C28H43N5O23P2. The Hall–Kier alpha value is -3.99. The maximum Gasteiger partial charge on any atom is 0.483 e. The highest BCUT2D eigenvalue weighted by molar-refractivity contribution is 7.61.